The maximum absolute atomic E-state index is 12.5. The van der Waals surface area contributed by atoms with Crippen LogP contribution in [-0.2, 0) is 14.3 Å². The third-order valence-corrected chi connectivity index (χ3v) is 13.7. The Morgan fingerprint density at radius 3 is 1.16 bits per heavy atom. The number of unbranched alkanes of at least 4 members (excludes halogenated alkanes) is 40. The van der Waals surface area contributed by atoms with Gasteiger partial charge in [0.2, 0.25) is 5.91 Å². The summed E-state index contributed by atoms with van der Waals surface area (Å²) in [5.41, 5.74) is 0. The van der Waals surface area contributed by atoms with E-state index in [1.165, 1.54) is 238 Å². The Hall–Kier alpha value is -1.92. The molecule has 0 saturated heterocycles. The predicted octanol–water partition coefficient (Wildman–Crippen LogP) is 18.4. The van der Waals surface area contributed by atoms with E-state index in [0.717, 1.165) is 51.4 Å². The van der Waals surface area contributed by atoms with E-state index in [0.29, 0.717) is 19.4 Å². The minimum atomic E-state index is -0.847. The van der Waals surface area contributed by atoms with E-state index < -0.39 is 12.1 Å². The Morgan fingerprint density at radius 2 is 0.746 bits per heavy atom. The molecule has 0 aliphatic carbocycles. The molecule has 0 saturated carbocycles. The molecule has 3 N–H and O–H groups in total. The Balaban J connectivity index is 3.43. The van der Waals surface area contributed by atoms with Crippen LogP contribution in [0, 0.1) is 0 Å². The first kappa shape index (κ1) is 65.1. The largest absolute Gasteiger partial charge is 0.466 e. The highest BCUT2D eigenvalue weighted by molar-refractivity contribution is 5.76. The van der Waals surface area contributed by atoms with Crippen molar-refractivity contribution in [3.8, 4) is 0 Å². The molecule has 0 aliphatic heterocycles. The van der Waals surface area contributed by atoms with Crippen LogP contribution in [-0.4, -0.2) is 47.4 Å². The Kier molecular flexibility index (Phi) is 55.0. The summed E-state index contributed by atoms with van der Waals surface area (Å²) >= 11 is 0. The summed E-state index contributed by atoms with van der Waals surface area (Å²) in [6.07, 6.45) is 70.2. The Morgan fingerprint density at radius 1 is 0.418 bits per heavy atom. The van der Waals surface area contributed by atoms with E-state index in [1.807, 2.05) is 6.08 Å². The van der Waals surface area contributed by atoms with E-state index in [9.17, 15) is 19.8 Å². The first-order valence-corrected chi connectivity index (χ1v) is 29.8. The van der Waals surface area contributed by atoms with Crippen molar-refractivity contribution in [2.75, 3.05) is 13.2 Å². The van der Waals surface area contributed by atoms with E-state index in [-0.39, 0.29) is 18.5 Å². The van der Waals surface area contributed by atoms with Crippen LogP contribution in [0.5, 0.6) is 0 Å². The summed E-state index contributed by atoms with van der Waals surface area (Å²) in [7, 11) is 0. The number of hydrogen-bond donors (Lipinski definition) is 3. The molecule has 0 bridgehead atoms. The van der Waals surface area contributed by atoms with Crippen molar-refractivity contribution in [1.82, 2.24) is 5.32 Å². The lowest BCUT2D eigenvalue weighted by atomic mass is 10.0. The molecule has 0 rings (SSSR count). The number of rotatable bonds is 55. The van der Waals surface area contributed by atoms with Crippen LogP contribution in [0.15, 0.2) is 36.5 Å². The van der Waals surface area contributed by atoms with Gasteiger partial charge in [0.25, 0.3) is 0 Å². The highest BCUT2D eigenvalue weighted by Crippen LogP contribution is 2.17. The fraction of sp³-hybridized carbons (Fsp3) is 0.869. The van der Waals surface area contributed by atoms with Crippen molar-refractivity contribution in [3.05, 3.63) is 36.5 Å². The standard InChI is InChI=1S/C61H115NO5/c1-3-5-7-9-11-13-15-17-19-22-27-31-35-39-43-47-51-55-61(66)67-56-52-48-44-40-36-32-28-24-21-20-23-26-30-34-38-42-46-50-54-60(65)62-58(57-63)59(64)53-49-45-41-37-33-29-25-18-16-14-12-10-8-6-4-2/h11,13,17,19,49,53,58-59,63-64H,3-10,12,14-16,18,20-48,50-52,54-57H2,1-2H3,(H,62,65)/b13-11-,19-17-,53-49+. The fourth-order valence-corrected chi connectivity index (χ4v) is 9.08. The van der Waals surface area contributed by atoms with Crippen LogP contribution in [0.2, 0.25) is 0 Å². The van der Waals surface area contributed by atoms with Gasteiger partial charge in [-0.2, -0.15) is 0 Å². The number of nitrogens with one attached hydrogen (secondary N) is 1. The molecule has 67 heavy (non-hydrogen) atoms. The van der Waals surface area contributed by atoms with Gasteiger partial charge < -0.3 is 20.3 Å². The van der Waals surface area contributed by atoms with Gasteiger partial charge in [0, 0.05) is 12.8 Å². The maximum Gasteiger partial charge on any atom is 0.305 e. The second-order valence-corrected chi connectivity index (χ2v) is 20.3. The number of hydrogen-bond acceptors (Lipinski definition) is 5. The second kappa shape index (κ2) is 56.7. The van der Waals surface area contributed by atoms with Crippen molar-refractivity contribution in [2.24, 2.45) is 0 Å². The summed E-state index contributed by atoms with van der Waals surface area (Å²) < 4.78 is 5.48. The third kappa shape index (κ3) is 53.3. The molecule has 0 aromatic carbocycles. The van der Waals surface area contributed by atoms with Crippen molar-refractivity contribution in [3.63, 3.8) is 0 Å². The molecule has 0 aromatic heterocycles. The first-order chi connectivity index (χ1) is 33.0. The molecular weight excluding hydrogens is 827 g/mol. The zero-order valence-electron chi connectivity index (χ0n) is 44.9. The van der Waals surface area contributed by atoms with Crippen LogP contribution < -0.4 is 5.32 Å². The summed E-state index contributed by atoms with van der Waals surface area (Å²) in [4.78, 5) is 24.5. The number of amides is 1. The van der Waals surface area contributed by atoms with E-state index in [4.69, 9.17) is 4.74 Å². The molecule has 0 aromatic rings. The van der Waals surface area contributed by atoms with Gasteiger partial charge in [-0.15, -0.1) is 0 Å². The summed E-state index contributed by atoms with van der Waals surface area (Å²) in [5.74, 6) is -0.0726. The third-order valence-electron chi connectivity index (χ3n) is 13.7. The molecular formula is C61H115NO5. The maximum atomic E-state index is 12.5. The number of allylic oxidation sites excluding steroid dienone is 5. The van der Waals surface area contributed by atoms with Crippen LogP contribution in [0.1, 0.15) is 316 Å². The van der Waals surface area contributed by atoms with Crippen molar-refractivity contribution in [1.29, 1.82) is 0 Å². The minimum absolute atomic E-state index is 0.00131. The Bertz CT molecular complexity index is 1090. The molecule has 0 aliphatic rings. The van der Waals surface area contributed by atoms with Gasteiger partial charge in [-0.05, 0) is 64.2 Å². The first-order valence-electron chi connectivity index (χ1n) is 29.8. The summed E-state index contributed by atoms with van der Waals surface area (Å²) in [5, 5.41) is 23.1. The lowest BCUT2D eigenvalue weighted by molar-refractivity contribution is -0.143. The highest BCUT2D eigenvalue weighted by Gasteiger charge is 2.18. The molecule has 0 spiro atoms. The quantitative estimate of drug-likeness (QED) is 0.0321. The molecule has 394 valence electrons. The van der Waals surface area contributed by atoms with Crippen molar-refractivity contribution >= 4 is 11.9 Å². The lowest BCUT2D eigenvalue weighted by Crippen LogP contribution is -2.45. The van der Waals surface area contributed by atoms with Crippen molar-refractivity contribution < 1.29 is 24.5 Å². The highest BCUT2D eigenvalue weighted by atomic mass is 16.5. The van der Waals surface area contributed by atoms with Gasteiger partial charge in [0.05, 0.1) is 25.4 Å². The number of aliphatic hydroxyl groups is 2. The van der Waals surface area contributed by atoms with E-state index in [1.54, 1.807) is 6.08 Å². The molecule has 0 fully saturated rings. The zero-order valence-corrected chi connectivity index (χ0v) is 44.9. The summed E-state index contributed by atoms with van der Waals surface area (Å²) in [6, 6.07) is -0.631. The Labute approximate surface area is 417 Å². The monoisotopic (exact) mass is 942 g/mol. The lowest BCUT2D eigenvalue weighted by Gasteiger charge is -2.20. The summed E-state index contributed by atoms with van der Waals surface area (Å²) in [6.45, 7) is 4.88. The van der Waals surface area contributed by atoms with E-state index in [2.05, 4.69) is 43.5 Å². The zero-order chi connectivity index (χ0) is 48.6. The minimum Gasteiger partial charge on any atom is -0.466 e. The molecule has 6 heteroatoms. The second-order valence-electron chi connectivity index (χ2n) is 20.3. The molecule has 2 atom stereocenters. The number of carbonyl (C=O) groups is 2. The average molecular weight is 943 g/mol. The van der Waals surface area contributed by atoms with Gasteiger partial charge >= 0.3 is 5.97 Å². The van der Waals surface area contributed by atoms with Gasteiger partial charge in [-0.25, -0.2) is 0 Å². The topological polar surface area (TPSA) is 95.9 Å². The van der Waals surface area contributed by atoms with Gasteiger partial charge in [-0.3, -0.25) is 9.59 Å². The molecule has 6 nitrogen and oxygen atoms in total. The molecule has 2 unspecified atom stereocenters. The van der Waals surface area contributed by atoms with E-state index >= 15 is 0 Å². The molecule has 0 radical (unpaired) electrons. The van der Waals surface area contributed by atoms with Crippen LogP contribution in [0.3, 0.4) is 0 Å². The molecule has 1 amide bonds. The van der Waals surface area contributed by atoms with Crippen molar-refractivity contribution in [2.45, 2.75) is 328 Å². The number of carbonyl (C=O) groups excluding carboxylic acids is 2. The fourth-order valence-electron chi connectivity index (χ4n) is 9.08. The van der Waals surface area contributed by atoms with Crippen LogP contribution in [0.4, 0.5) is 0 Å². The average Bonchev–Trinajstić information content (AvgIpc) is 3.33. The SMILES string of the molecule is CCCCC/C=C\C/C=C\CCCCCCCCCC(=O)OCCCCCCCCCCCCCCCCCCCCC(=O)NC(CO)C(O)/C=C/CCCCCCCCCCCCCCC. The normalized spacial score (nSPS) is 12.8. The smallest absolute Gasteiger partial charge is 0.305 e. The number of ether oxygens (including phenoxy) is 1. The van der Waals surface area contributed by atoms with Gasteiger partial charge in [0.1, 0.15) is 0 Å². The van der Waals surface area contributed by atoms with Crippen LogP contribution >= 0.6 is 0 Å². The van der Waals surface area contributed by atoms with Gasteiger partial charge in [0.15, 0.2) is 0 Å². The van der Waals surface area contributed by atoms with Gasteiger partial charge in [-0.1, -0.05) is 275 Å². The number of esters is 1. The predicted molar refractivity (Wildman–Crippen MR) is 292 cm³/mol. The molecule has 0 heterocycles. The van der Waals surface area contributed by atoms with Crippen LogP contribution in [0.25, 0.3) is 0 Å². The number of aliphatic hydroxyl groups excluding tert-OH is 2.